The number of nitrogens with one attached hydrogen (secondary N) is 3. The maximum absolute atomic E-state index is 12.8. The maximum atomic E-state index is 12.8. The molecule has 9 heteroatoms. The number of hydrogen-bond donors (Lipinski definition) is 3. The molecule has 0 saturated heterocycles. The van der Waals surface area contributed by atoms with Crippen LogP contribution in [0.3, 0.4) is 0 Å². The highest BCUT2D eigenvalue weighted by Gasteiger charge is 2.42. The average Bonchev–Trinajstić information content (AvgIpc) is 3.94. The van der Waals surface area contributed by atoms with E-state index in [9.17, 15) is 12.6 Å². The minimum atomic E-state index is -1.08. The summed E-state index contributed by atoms with van der Waals surface area (Å²) in [4.78, 5) is 2.99. The summed E-state index contributed by atoms with van der Waals surface area (Å²) in [7, 11) is -3.23. The Morgan fingerprint density at radius 3 is 0.773 bits per heavy atom. The first-order valence-corrected chi connectivity index (χ1v) is 29.7. The van der Waals surface area contributed by atoms with Crippen molar-refractivity contribution in [2.75, 3.05) is 0 Å². The van der Waals surface area contributed by atoms with Crippen molar-refractivity contribution in [3.63, 3.8) is 0 Å². The number of benzene rings is 3. The van der Waals surface area contributed by atoms with Gasteiger partial charge in [-0.3, -0.25) is 0 Å². The molecule has 3 aromatic carbocycles. The van der Waals surface area contributed by atoms with Gasteiger partial charge in [-0.1, -0.05) is 111 Å². The zero-order valence-corrected chi connectivity index (χ0v) is 45.1. The monoisotopic (exact) mass is 958 g/mol. The molecule has 0 bridgehead atoms. The highest BCUT2D eigenvalue weighted by atomic mass is 32.2. The summed E-state index contributed by atoms with van der Waals surface area (Å²) in [5.41, 5.74) is 12.3. The van der Waals surface area contributed by atoms with Crippen LogP contribution in [-0.2, 0) is 33.0 Å². The van der Waals surface area contributed by atoms with E-state index in [1.165, 1.54) is 171 Å². The van der Waals surface area contributed by atoms with Crippen LogP contribution < -0.4 is 14.2 Å². The van der Waals surface area contributed by atoms with Gasteiger partial charge >= 0.3 is 0 Å². The van der Waals surface area contributed by atoms with Gasteiger partial charge in [0, 0.05) is 18.1 Å². The average molecular weight is 959 g/mol. The molecule has 3 spiro atoms. The molecule has 9 rings (SSSR count). The molecule has 6 aliphatic carbocycles. The van der Waals surface area contributed by atoms with Crippen molar-refractivity contribution in [1.82, 2.24) is 14.2 Å². The molecular formula is C57H87N3O3S3. The topological polar surface area (TPSA) is 87.3 Å². The Labute approximate surface area is 409 Å². The van der Waals surface area contributed by atoms with Crippen molar-refractivity contribution in [2.45, 2.75) is 249 Å². The van der Waals surface area contributed by atoms with E-state index in [-0.39, 0.29) is 0 Å². The van der Waals surface area contributed by atoms with Crippen LogP contribution in [0.2, 0.25) is 0 Å². The fourth-order valence-electron chi connectivity index (χ4n) is 14.2. The lowest BCUT2D eigenvalue weighted by molar-refractivity contribution is 0.194. The van der Waals surface area contributed by atoms with Crippen molar-refractivity contribution in [3.8, 4) is 0 Å². The lowest BCUT2D eigenvalue weighted by atomic mass is 9.73. The van der Waals surface area contributed by atoms with Gasteiger partial charge in [0.2, 0.25) is 0 Å². The van der Waals surface area contributed by atoms with Gasteiger partial charge in [0.1, 0.15) is 33.0 Å². The van der Waals surface area contributed by atoms with E-state index >= 15 is 0 Å². The molecule has 0 aromatic heterocycles. The van der Waals surface area contributed by atoms with Gasteiger partial charge < -0.3 is 0 Å². The zero-order chi connectivity index (χ0) is 47.2. The smallest absolute Gasteiger partial charge is 0.125 e. The van der Waals surface area contributed by atoms with Gasteiger partial charge in [-0.2, -0.15) is 0 Å². The summed E-state index contributed by atoms with van der Waals surface area (Å²) in [6.07, 6.45) is 32.2. The first-order chi connectivity index (χ1) is 31.5. The Morgan fingerprint density at radius 1 is 0.348 bits per heavy atom. The first kappa shape index (κ1) is 51.8. The molecule has 0 amide bonds. The standard InChI is InChI=1S/3C19H29NOS/c3*1-14-11-15(2)18(16(3)12-14)22(21)20-17-7-10-19(13-17)8-5-4-6-9-19/h3*11-12,17,20H,4-10,13H2,1-3H3/t3*17-,22+/m111/s1. The summed E-state index contributed by atoms with van der Waals surface area (Å²) in [6, 6.07) is 14.1. The minimum absolute atomic E-state index is 0.430. The maximum Gasteiger partial charge on any atom is 0.125 e. The third kappa shape index (κ3) is 13.0. The molecule has 6 fully saturated rings. The SMILES string of the molecule is Cc1cc(C)c([S@](=O)N[C@@H]2CCC3(CCCCC3)C2)c(C)c1.Cc1cc(C)c([S@](=O)N[C@@H]2CCC3(CCCCC3)C2)c(C)c1.Cc1cc(C)c([S@](=O)N[C@@H]2CCC3(CCCCC3)C2)c(C)c1. The summed E-state index contributed by atoms with van der Waals surface area (Å²) in [5.74, 6) is 0. The molecular weight excluding hydrogens is 871 g/mol. The van der Waals surface area contributed by atoms with Crippen LogP contribution >= 0.6 is 0 Å². The summed E-state index contributed by atoms with van der Waals surface area (Å²) >= 11 is 0. The fraction of sp³-hybridized carbons (Fsp3) is 0.684. The van der Waals surface area contributed by atoms with Gasteiger partial charge in [0.25, 0.3) is 0 Å². The zero-order valence-electron chi connectivity index (χ0n) is 42.6. The first-order valence-electron chi connectivity index (χ1n) is 26.2. The van der Waals surface area contributed by atoms with Crippen LogP contribution in [0.1, 0.15) is 204 Å². The van der Waals surface area contributed by atoms with Crippen LogP contribution in [0.5, 0.6) is 0 Å². The van der Waals surface area contributed by atoms with Crippen LogP contribution in [0.15, 0.2) is 51.1 Å². The second-order valence-electron chi connectivity index (χ2n) is 22.8. The summed E-state index contributed by atoms with van der Waals surface area (Å²) < 4.78 is 48.8. The Bertz CT molecular complexity index is 1900. The Morgan fingerprint density at radius 2 is 0.561 bits per heavy atom. The van der Waals surface area contributed by atoms with E-state index in [0.29, 0.717) is 34.4 Å². The van der Waals surface area contributed by atoms with Crippen LogP contribution in [-0.4, -0.2) is 30.8 Å². The normalized spacial score (nSPS) is 25.5. The van der Waals surface area contributed by atoms with Gasteiger partial charge in [-0.25, -0.2) is 26.8 Å². The van der Waals surface area contributed by atoms with E-state index in [4.69, 9.17) is 0 Å². The molecule has 6 nitrogen and oxygen atoms in total. The van der Waals surface area contributed by atoms with E-state index in [0.717, 1.165) is 48.1 Å². The molecule has 3 N–H and O–H groups in total. The minimum Gasteiger partial charge on any atom is -0.237 e. The van der Waals surface area contributed by atoms with Crippen molar-refractivity contribution in [1.29, 1.82) is 0 Å². The molecule has 0 unspecified atom stereocenters. The third-order valence-corrected chi connectivity index (χ3v) is 21.7. The molecule has 6 saturated carbocycles. The number of aryl methyl sites for hydroxylation is 9. The largest absolute Gasteiger partial charge is 0.237 e. The predicted molar refractivity (Wildman–Crippen MR) is 280 cm³/mol. The van der Waals surface area contributed by atoms with Crippen LogP contribution in [0.4, 0.5) is 0 Å². The molecule has 0 aliphatic heterocycles. The molecule has 66 heavy (non-hydrogen) atoms. The highest BCUT2D eigenvalue weighted by molar-refractivity contribution is 7.83. The molecule has 366 valence electrons. The lowest BCUT2D eigenvalue weighted by Crippen LogP contribution is -2.31. The fourth-order valence-corrected chi connectivity index (χ4v) is 18.2. The van der Waals surface area contributed by atoms with E-state index < -0.39 is 33.0 Å². The van der Waals surface area contributed by atoms with Crippen molar-refractivity contribution < 1.29 is 12.6 Å². The van der Waals surface area contributed by atoms with E-state index in [1.54, 1.807) is 0 Å². The second kappa shape index (κ2) is 22.8. The van der Waals surface area contributed by atoms with Crippen LogP contribution in [0, 0.1) is 78.6 Å². The van der Waals surface area contributed by atoms with E-state index in [2.05, 4.69) is 113 Å². The molecule has 0 radical (unpaired) electrons. The molecule has 3 aromatic rings. The number of hydrogen-bond acceptors (Lipinski definition) is 3. The Hall–Kier alpha value is -2.01. The number of rotatable bonds is 9. The van der Waals surface area contributed by atoms with Crippen LogP contribution in [0.25, 0.3) is 0 Å². The summed E-state index contributed by atoms with van der Waals surface area (Å²) in [6.45, 7) is 18.8. The lowest BCUT2D eigenvalue weighted by Gasteiger charge is -2.33. The molecule has 6 aliphatic rings. The summed E-state index contributed by atoms with van der Waals surface area (Å²) in [5, 5.41) is 0. The van der Waals surface area contributed by atoms with E-state index in [1.807, 2.05) is 0 Å². The quantitative estimate of drug-likeness (QED) is 0.200. The molecule has 0 heterocycles. The van der Waals surface area contributed by atoms with Gasteiger partial charge in [0.15, 0.2) is 0 Å². The van der Waals surface area contributed by atoms with Gasteiger partial charge in [-0.05, 0) is 208 Å². The van der Waals surface area contributed by atoms with Gasteiger partial charge in [0.05, 0.1) is 14.7 Å². The van der Waals surface area contributed by atoms with Crippen molar-refractivity contribution >= 4 is 33.0 Å². The highest BCUT2D eigenvalue weighted by Crippen LogP contribution is 2.51. The predicted octanol–water partition coefficient (Wildman–Crippen LogP) is 14.2. The van der Waals surface area contributed by atoms with Gasteiger partial charge in [-0.15, -0.1) is 0 Å². The third-order valence-electron chi connectivity index (χ3n) is 17.0. The van der Waals surface area contributed by atoms with Crippen molar-refractivity contribution in [2.24, 2.45) is 16.2 Å². The Kier molecular flexibility index (Phi) is 17.9. The molecule has 6 atom stereocenters. The van der Waals surface area contributed by atoms with Crippen molar-refractivity contribution in [3.05, 3.63) is 86.5 Å². The second-order valence-corrected chi connectivity index (χ2v) is 26.4. The Balaban J connectivity index is 0.000000147.